The second-order valence-electron chi connectivity index (χ2n) is 5.54. The number of benzene rings is 2. The quantitative estimate of drug-likeness (QED) is 0.896. The monoisotopic (exact) mass is 332 g/mol. The van der Waals surface area contributed by atoms with Gasteiger partial charge in [-0.15, -0.1) is 0 Å². The van der Waals surface area contributed by atoms with Crippen LogP contribution in [0, 0.1) is 0 Å². The Morgan fingerprint density at radius 1 is 0.917 bits per heavy atom. The summed E-state index contributed by atoms with van der Waals surface area (Å²) < 4.78 is 21.6. The summed E-state index contributed by atoms with van der Waals surface area (Å²) in [6.07, 6.45) is -0.262. The number of ether oxygens (including phenoxy) is 4. The van der Waals surface area contributed by atoms with E-state index in [1.165, 1.54) is 14.2 Å². The molecule has 1 aliphatic rings. The maximum Gasteiger partial charge on any atom is 0.160 e. The maximum atomic E-state index is 9.78. The van der Waals surface area contributed by atoms with Gasteiger partial charge in [0.25, 0.3) is 0 Å². The van der Waals surface area contributed by atoms with Crippen LogP contribution in [-0.4, -0.2) is 37.8 Å². The van der Waals surface area contributed by atoms with Crippen molar-refractivity contribution in [1.82, 2.24) is 0 Å². The van der Waals surface area contributed by atoms with Gasteiger partial charge < -0.3 is 29.2 Å². The molecule has 6 nitrogen and oxygen atoms in total. The number of hydrogen-bond acceptors (Lipinski definition) is 6. The minimum atomic E-state index is -0.262. The van der Waals surface area contributed by atoms with Crippen molar-refractivity contribution in [2.24, 2.45) is 0 Å². The molecule has 0 radical (unpaired) electrons. The predicted octanol–water partition coefficient (Wildman–Crippen LogP) is 2.94. The Bertz CT molecular complexity index is 653. The number of phenolic OH excluding ortho intramolecular Hbond substituents is 2. The molecule has 0 bridgehead atoms. The molecule has 3 rings (SSSR count). The predicted molar refractivity (Wildman–Crippen MR) is 86.7 cm³/mol. The minimum Gasteiger partial charge on any atom is -0.504 e. The van der Waals surface area contributed by atoms with Crippen LogP contribution in [0.15, 0.2) is 36.4 Å². The van der Waals surface area contributed by atoms with Crippen LogP contribution in [0.4, 0.5) is 0 Å². The number of methoxy groups -OCH3 is 2. The average molecular weight is 332 g/mol. The summed E-state index contributed by atoms with van der Waals surface area (Å²) in [5, 5.41) is 19.6. The summed E-state index contributed by atoms with van der Waals surface area (Å²) in [6.45, 7) is 0.668. The Kier molecular flexibility index (Phi) is 4.78. The molecule has 0 saturated carbocycles. The lowest BCUT2D eigenvalue weighted by atomic mass is 9.88. The third kappa shape index (κ3) is 3.11. The van der Waals surface area contributed by atoms with Gasteiger partial charge in [0, 0.05) is 5.92 Å². The van der Waals surface area contributed by atoms with Gasteiger partial charge in [-0.05, 0) is 35.4 Å². The number of aromatic hydroxyl groups is 2. The lowest BCUT2D eigenvalue weighted by Crippen LogP contribution is -2.26. The van der Waals surface area contributed by atoms with Gasteiger partial charge in [0.1, 0.15) is 6.79 Å². The normalized spacial score (nSPS) is 20.6. The van der Waals surface area contributed by atoms with Crippen LogP contribution in [-0.2, 0) is 9.47 Å². The Morgan fingerprint density at radius 2 is 1.50 bits per heavy atom. The molecule has 0 amide bonds. The molecule has 2 aromatic carbocycles. The Hall–Kier alpha value is -2.44. The molecule has 2 atom stereocenters. The van der Waals surface area contributed by atoms with E-state index in [4.69, 9.17) is 18.9 Å². The van der Waals surface area contributed by atoms with Crippen LogP contribution in [0.3, 0.4) is 0 Å². The molecule has 128 valence electrons. The molecule has 0 aliphatic carbocycles. The summed E-state index contributed by atoms with van der Waals surface area (Å²) in [7, 11) is 3.01. The fraction of sp³-hybridized carbons (Fsp3) is 0.333. The largest absolute Gasteiger partial charge is 0.504 e. The number of hydrogen-bond donors (Lipinski definition) is 2. The standard InChI is InChI=1S/C18H20O6/c1-21-16-7-11(3-5-14(16)19)13-9-23-10-24-18(13)12-4-6-15(20)17(8-12)22-2/h3-8,13,18-20H,9-10H2,1-2H3/t13-,18-/m0/s1. The van der Waals surface area contributed by atoms with E-state index in [-0.39, 0.29) is 30.3 Å². The second-order valence-corrected chi connectivity index (χ2v) is 5.54. The Labute approximate surface area is 140 Å². The average Bonchev–Trinajstić information content (AvgIpc) is 2.62. The molecule has 0 unspecified atom stereocenters. The topological polar surface area (TPSA) is 77.4 Å². The zero-order valence-electron chi connectivity index (χ0n) is 13.6. The van der Waals surface area contributed by atoms with Crippen molar-refractivity contribution in [2.75, 3.05) is 27.6 Å². The molecule has 2 aromatic rings. The first-order valence-electron chi connectivity index (χ1n) is 7.57. The van der Waals surface area contributed by atoms with E-state index in [1.807, 2.05) is 6.07 Å². The molecule has 1 aliphatic heterocycles. The van der Waals surface area contributed by atoms with Crippen molar-refractivity contribution in [1.29, 1.82) is 0 Å². The molecular formula is C18H20O6. The van der Waals surface area contributed by atoms with Crippen molar-refractivity contribution in [3.8, 4) is 23.0 Å². The van der Waals surface area contributed by atoms with Crippen LogP contribution in [0.2, 0.25) is 0 Å². The van der Waals surface area contributed by atoms with E-state index in [0.717, 1.165) is 11.1 Å². The Balaban J connectivity index is 1.97. The van der Waals surface area contributed by atoms with Gasteiger partial charge in [-0.3, -0.25) is 0 Å². The van der Waals surface area contributed by atoms with Gasteiger partial charge in [0.05, 0.1) is 26.9 Å². The number of phenols is 2. The molecule has 0 spiro atoms. The minimum absolute atomic E-state index is 0.0798. The number of rotatable bonds is 4. The first-order valence-corrected chi connectivity index (χ1v) is 7.57. The highest BCUT2D eigenvalue weighted by Crippen LogP contribution is 2.41. The van der Waals surface area contributed by atoms with Gasteiger partial charge >= 0.3 is 0 Å². The van der Waals surface area contributed by atoms with Crippen molar-refractivity contribution >= 4 is 0 Å². The van der Waals surface area contributed by atoms with Crippen LogP contribution in [0.5, 0.6) is 23.0 Å². The van der Waals surface area contributed by atoms with Gasteiger partial charge in [0.15, 0.2) is 23.0 Å². The zero-order chi connectivity index (χ0) is 17.1. The highest BCUT2D eigenvalue weighted by molar-refractivity contribution is 5.46. The molecule has 6 heteroatoms. The van der Waals surface area contributed by atoms with Crippen LogP contribution in [0.25, 0.3) is 0 Å². The fourth-order valence-corrected chi connectivity index (χ4v) is 2.90. The summed E-state index contributed by atoms with van der Waals surface area (Å²) in [5.41, 5.74) is 1.81. The molecule has 0 aromatic heterocycles. The van der Waals surface area contributed by atoms with Gasteiger partial charge in [-0.1, -0.05) is 12.1 Å². The molecule has 2 N–H and O–H groups in total. The van der Waals surface area contributed by atoms with Crippen LogP contribution < -0.4 is 9.47 Å². The third-order valence-electron chi connectivity index (χ3n) is 4.16. The van der Waals surface area contributed by atoms with E-state index in [1.54, 1.807) is 30.3 Å². The summed E-state index contributed by atoms with van der Waals surface area (Å²) in [4.78, 5) is 0. The van der Waals surface area contributed by atoms with Gasteiger partial charge in [0.2, 0.25) is 0 Å². The lowest BCUT2D eigenvalue weighted by Gasteiger charge is -2.32. The molecule has 1 fully saturated rings. The van der Waals surface area contributed by atoms with Crippen LogP contribution in [0.1, 0.15) is 23.1 Å². The van der Waals surface area contributed by atoms with Gasteiger partial charge in [-0.25, -0.2) is 0 Å². The first-order chi connectivity index (χ1) is 11.6. The molecular weight excluding hydrogens is 312 g/mol. The zero-order valence-corrected chi connectivity index (χ0v) is 13.6. The SMILES string of the molecule is COc1cc([C@@H]2COCO[C@H]2c2ccc(O)c(OC)c2)ccc1O. The smallest absolute Gasteiger partial charge is 0.160 e. The lowest BCUT2D eigenvalue weighted by molar-refractivity contribution is -0.153. The molecule has 1 heterocycles. The Morgan fingerprint density at radius 3 is 2.12 bits per heavy atom. The van der Waals surface area contributed by atoms with Crippen molar-refractivity contribution < 1.29 is 29.2 Å². The van der Waals surface area contributed by atoms with Crippen molar-refractivity contribution in [3.05, 3.63) is 47.5 Å². The van der Waals surface area contributed by atoms with E-state index in [9.17, 15) is 10.2 Å². The van der Waals surface area contributed by atoms with Crippen molar-refractivity contribution in [2.45, 2.75) is 12.0 Å². The summed E-state index contributed by atoms with van der Waals surface area (Å²) >= 11 is 0. The third-order valence-corrected chi connectivity index (χ3v) is 4.16. The van der Waals surface area contributed by atoms with Gasteiger partial charge in [-0.2, -0.15) is 0 Å². The summed E-state index contributed by atoms with van der Waals surface area (Å²) in [5.74, 6) is 0.880. The second kappa shape index (κ2) is 6.98. The summed E-state index contributed by atoms with van der Waals surface area (Å²) in [6, 6.07) is 10.3. The highest BCUT2D eigenvalue weighted by atomic mass is 16.7. The van der Waals surface area contributed by atoms with E-state index in [0.29, 0.717) is 18.1 Å². The van der Waals surface area contributed by atoms with E-state index >= 15 is 0 Å². The first kappa shape index (κ1) is 16.4. The van der Waals surface area contributed by atoms with E-state index in [2.05, 4.69) is 0 Å². The fourth-order valence-electron chi connectivity index (χ4n) is 2.90. The molecule has 1 saturated heterocycles. The maximum absolute atomic E-state index is 9.78. The van der Waals surface area contributed by atoms with Crippen LogP contribution >= 0.6 is 0 Å². The van der Waals surface area contributed by atoms with E-state index < -0.39 is 0 Å². The van der Waals surface area contributed by atoms with Crippen molar-refractivity contribution in [3.63, 3.8) is 0 Å². The highest BCUT2D eigenvalue weighted by Gasteiger charge is 2.30. The molecule has 24 heavy (non-hydrogen) atoms.